The van der Waals surface area contributed by atoms with Crippen LogP contribution >= 0.6 is 0 Å². The van der Waals surface area contributed by atoms with E-state index in [-0.39, 0.29) is 31.6 Å². The molecule has 0 spiro atoms. The van der Waals surface area contributed by atoms with Crippen molar-refractivity contribution in [2.24, 2.45) is 0 Å². The second kappa shape index (κ2) is 11.8. The topological polar surface area (TPSA) is 50.2 Å². The maximum absolute atomic E-state index is 10.0. The number of aliphatic hydroxyl groups is 1. The SMILES string of the molecule is CC(=O)/C=C(/C)O.CCC(C)c1ccc2ccnc(-c3[c-]c(C)cc(C)c3)c2c1.[Ir]. The third kappa shape index (κ3) is 7.19. The molecule has 1 N–H and O–H groups in total. The van der Waals surface area contributed by atoms with Crippen LogP contribution < -0.4 is 0 Å². The number of ketones is 1. The molecule has 30 heavy (non-hydrogen) atoms. The largest absolute Gasteiger partial charge is 0.512 e. The third-order valence-corrected chi connectivity index (χ3v) is 4.79. The Kier molecular flexibility index (Phi) is 10.1. The van der Waals surface area contributed by atoms with Crippen LogP contribution in [-0.2, 0) is 24.9 Å². The Balaban J connectivity index is 0.000000489. The number of carbonyl (C=O) groups is 1. The molecule has 0 aliphatic heterocycles. The van der Waals surface area contributed by atoms with Crippen LogP contribution in [0.1, 0.15) is 56.7 Å². The van der Waals surface area contributed by atoms with Gasteiger partial charge in [0.05, 0.1) is 5.76 Å². The van der Waals surface area contributed by atoms with E-state index in [4.69, 9.17) is 5.11 Å². The van der Waals surface area contributed by atoms with E-state index in [1.165, 1.54) is 41.8 Å². The molecule has 1 heterocycles. The molecule has 3 nitrogen and oxygen atoms in total. The van der Waals surface area contributed by atoms with Crippen molar-refractivity contribution < 1.29 is 30.0 Å². The molecule has 0 aliphatic rings. The van der Waals surface area contributed by atoms with Gasteiger partial charge in [0.2, 0.25) is 0 Å². The number of pyridine rings is 1. The Morgan fingerprint density at radius 2 is 1.87 bits per heavy atom. The summed E-state index contributed by atoms with van der Waals surface area (Å²) in [5.74, 6) is 0.508. The van der Waals surface area contributed by atoms with Crippen LogP contribution in [0.25, 0.3) is 22.0 Å². The van der Waals surface area contributed by atoms with Crippen molar-refractivity contribution in [1.82, 2.24) is 4.98 Å². The van der Waals surface area contributed by atoms with E-state index in [0.717, 1.165) is 23.2 Å². The van der Waals surface area contributed by atoms with E-state index in [1.54, 1.807) is 0 Å². The molecule has 0 saturated carbocycles. The second-order valence-electron chi connectivity index (χ2n) is 7.60. The van der Waals surface area contributed by atoms with Crippen molar-refractivity contribution in [1.29, 1.82) is 0 Å². The van der Waals surface area contributed by atoms with Gasteiger partial charge in [-0.1, -0.05) is 45.9 Å². The molecular formula is C26H30IrNO2-. The maximum Gasteiger partial charge on any atom is 0.155 e. The average Bonchev–Trinajstić information content (AvgIpc) is 2.65. The third-order valence-electron chi connectivity index (χ3n) is 4.79. The molecule has 0 fully saturated rings. The van der Waals surface area contributed by atoms with E-state index in [2.05, 4.69) is 75.1 Å². The zero-order chi connectivity index (χ0) is 21.6. The number of allylic oxidation sites excluding steroid dienone is 2. The molecule has 1 atom stereocenters. The molecule has 0 saturated heterocycles. The summed E-state index contributed by atoms with van der Waals surface area (Å²) in [7, 11) is 0. The standard InChI is InChI=1S/C21H22N.C5H8O2.Ir/c1-5-16(4)18-7-6-17-8-9-22-21(20(17)13-18)19-11-14(2)10-15(3)12-19;1-4(6)3-5(2)7;/h6-11,13,16H,5H2,1-4H3;3,6H,1-2H3;/q-1;;/b;4-3-;. The zero-order valence-corrected chi connectivity index (χ0v) is 20.9. The Hall–Kier alpha value is -2.29. The van der Waals surface area contributed by atoms with E-state index in [1.807, 2.05) is 6.20 Å². The molecule has 3 aromatic rings. The first kappa shape index (κ1) is 25.7. The summed E-state index contributed by atoms with van der Waals surface area (Å²) in [5.41, 5.74) is 5.92. The van der Waals surface area contributed by atoms with Gasteiger partial charge >= 0.3 is 0 Å². The predicted molar refractivity (Wildman–Crippen MR) is 121 cm³/mol. The number of rotatable bonds is 4. The van der Waals surface area contributed by atoms with Crippen LogP contribution in [0.2, 0.25) is 0 Å². The van der Waals surface area contributed by atoms with E-state index >= 15 is 0 Å². The molecule has 0 bridgehead atoms. The van der Waals surface area contributed by atoms with Crippen LogP contribution in [0.5, 0.6) is 0 Å². The number of aromatic nitrogens is 1. The number of benzene rings is 2. The van der Waals surface area contributed by atoms with Crippen molar-refractivity contribution in [2.75, 3.05) is 0 Å². The van der Waals surface area contributed by atoms with E-state index < -0.39 is 0 Å². The van der Waals surface area contributed by atoms with Crippen LogP contribution in [0.15, 0.2) is 54.4 Å². The summed E-state index contributed by atoms with van der Waals surface area (Å²) in [5, 5.41) is 10.8. The minimum absolute atomic E-state index is 0. The van der Waals surface area contributed by atoms with Gasteiger partial charge < -0.3 is 10.1 Å². The molecule has 0 aliphatic carbocycles. The average molecular weight is 581 g/mol. The summed E-state index contributed by atoms with van der Waals surface area (Å²) in [6.07, 6.45) is 4.21. The first-order valence-electron chi connectivity index (χ1n) is 9.98. The molecular weight excluding hydrogens is 551 g/mol. The predicted octanol–water partition coefficient (Wildman–Crippen LogP) is 6.87. The van der Waals surface area contributed by atoms with Crippen LogP contribution in [0, 0.1) is 19.9 Å². The number of hydrogen-bond donors (Lipinski definition) is 1. The van der Waals surface area contributed by atoms with E-state index in [0.29, 0.717) is 5.92 Å². The number of fused-ring (bicyclic) bond motifs is 1. The van der Waals surface area contributed by atoms with Crippen molar-refractivity contribution in [3.63, 3.8) is 0 Å². The Morgan fingerprint density at radius 1 is 1.17 bits per heavy atom. The molecule has 4 heteroatoms. The summed E-state index contributed by atoms with van der Waals surface area (Å²) < 4.78 is 0. The van der Waals surface area contributed by atoms with Crippen LogP contribution in [0.4, 0.5) is 0 Å². The molecule has 1 radical (unpaired) electrons. The Bertz CT molecular complexity index is 1020. The maximum atomic E-state index is 10.0. The molecule has 1 unspecified atom stereocenters. The molecule has 2 aromatic carbocycles. The summed E-state index contributed by atoms with van der Waals surface area (Å²) >= 11 is 0. The molecule has 3 rings (SSSR count). The summed E-state index contributed by atoms with van der Waals surface area (Å²) in [6.45, 7) is 11.6. The molecule has 1 aromatic heterocycles. The fourth-order valence-corrected chi connectivity index (χ4v) is 3.26. The van der Waals surface area contributed by atoms with Crippen molar-refractivity contribution in [2.45, 2.75) is 53.9 Å². The van der Waals surface area contributed by atoms with Gasteiger partial charge in [-0.3, -0.25) is 4.79 Å². The van der Waals surface area contributed by atoms with Gasteiger partial charge in [-0.2, -0.15) is 0 Å². The quantitative estimate of drug-likeness (QED) is 0.208. The first-order chi connectivity index (χ1) is 13.7. The van der Waals surface area contributed by atoms with Gasteiger partial charge in [0.15, 0.2) is 5.78 Å². The van der Waals surface area contributed by atoms with Gasteiger partial charge in [-0.25, -0.2) is 0 Å². The zero-order valence-electron chi connectivity index (χ0n) is 18.5. The second-order valence-corrected chi connectivity index (χ2v) is 7.60. The van der Waals surface area contributed by atoms with E-state index in [9.17, 15) is 4.79 Å². The fraction of sp³-hybridized carbons (Fsp3) is 0.308. The summed E-state index contributed by atoms with van der Waals surface area (Å²) in [4.78, 5) is 14.7. The minimum Gasteiger partial charge on any atom is -0.512 e. The number of aryl methyl sites for hydroxylation is 2. The van der Waals surface area contributed by atoms with Gasteiger partial charge in [-0.15, -0.1) is 34.9 Å². The number of carbonyl (C=O) groups excluding carboxylic acids is 1. The first-order valence-corrected chi connectivity index (χ1v) is 9.98. The Labute approximate surface area is 193 Å². The number of hydrogen-bond acceptors (Lipinski definition) is 3. The monoisotopic (exact) mass is 581 g/mol. The van der Waals surface area contributed by atoms with Crippen molar-refractivity contribution in [3.05, 3.63) is 77.2 Å². The van der Waals surface area contributed by atoms with Crippen LogP contribution in [0.3, 0.4) is 0 Å². The Morgan fingerprint density at radius 3 is 2.40 bits per heavy atom. The number of nitrogens with zero attached hydrogens (tertiary/aromatic N) is 1. The molecule has 0 amide bonds. The van der Waals surface area contributed by atoms with Crippen molar-refractivity contribution in [3.8, 4) is 11.3 Å². The normalized spacial score (nSPS) is 11.9. The van der Waals surface area contributed by atoms with Gasteiger partial charge in [-0.05, 0) is 54.3 Å². The van der Waals surface area contributed by atoms with Gasteiger partial charge in [0.25, 0.3) is 0 Å². The molecule has 161 valence electrons. The van der Waals surface area contributed by atoms with Gasteiger partial charge in [0.1, 0.15) is 0 Å². The smallest absolute Gasteiger partial charge is 0.155 e. The van der Waals surface area contributed by atoms with Gasteiger partial charge in [0, 0.05) is 32.4 Å². The number of aliphatic hydroxyl groups excluding tert-OH is 1. The van der Waals surface area contributed by atoms with Crippen molar-refractivity contribution >= 4 is 16.6 Å². The summed E-state index contributed by atoms with van der Waals surface area (Å²) in [6, 6.07) is 16.6. The van der Waals surface area contributed by atoms with Crippen LogP contribution in [-0.4, -0.2) is 15.9 Å². The fourth-order valence-electron chi connectivity index (χ4n) is 3.26. The minimum atomic E-state index is -0.125.